The Morgan fingerprint density at radius 2 is 0.667 bits per heavy atom. The Morgan fingerprint density at radius 1 is 0.314 bits per heavy atom. The largest absolute Gasteiger partial charge is 0.455 e. The lowest BCUT2D eigenvalue weighted by molar-refractivity contribution is 0.575. The standard InChI is InChI=1S/C95H60N6O4/c1-54-25-17-48-75-80(54)82-68(41-24-49-76(82)95(75,56-27-5-3-6-28-56)57-29-7-4-8-30-57)89-98-92(71-44-21-38-63-60-33-12-16-52-79(60)104-86(63)71)101-93(99-89)72-45-22-39-65-64-35-18-26-55(83(64)105-87(65)72)53-94(2)73-46-13-9-34-66(73)81-67(40-23-47-74(81)94)88-96-90(69-42-19-36-61-58-31-10-14-50-77(58)102-84(61)69)100-91(97-88)70-43-20-37-62-59-32-11-15-51-78(59)103-85(62)70/h3-24,26-52,54H,25,53H2,1-2H3. The van der Waals surface area contributed by atoms with Gasteiger partial charge in [0, 0.05) is 59.6 Å². The van der Waals surface area contributed by atoms with E-state index in [2.05, 4.69) is 250 Å². The topological polar surface area (TPSA) is 130 Å². The maximum absolute atomic E-state index is 7.51. The van der Waals surface area contributed by atoms with Crippen LogP contribution in [0, 0.1) is 5.92 Å². The fraction of sp³-hybridized carbons (Fsp3) is 0.0737. The number of furan rings is 4. The highest BCUT2D eigenvalue weighted by Gasteiger charge is 2.50. The number of benzene rings is 13. The summed E-state index contributed by atoms with van der Waals surface area (Å²) in [5, 5.41) is 7.98. The minimum atomic E-state index is -0.615. The van der Waals surface area contributed by atoms with Gasteiger partial charge in [0.25, 0.3) is 0 Å². The van der Waals surface area contributed by atoms with E-state index in [9.17, 15) is 0 Å². The molecule has 19 aromatic rings. The van der Waals surface area contributed by atoms with Gasteiger partial charge in [0.05, 0.1) is 27.7 Å². The first kappa shape index (κ1) is 59.3. The van der Waals surface area contributed by atoms with E-state index >= 15 is 0 Å². The van der Waals surface area contributed by atoms with Gasteiger partial charge in [-0.3, -0.25) is 0 Å². The first-order valence-corrected chi connectivity index (χ1v) is 35.9. The lowest BCUT2D eigenvalue weighted by atomic mass is 9.66. The Bertz CT molecular complexity index is 6800. The molecular weight excluding hydrogens is 1290 g/mol. The number of allylic oxidation sites excluding steroid dienone is 4. The number of nitrogens with zero attached hydrogens (tertiary/aromatic N) is 6. The Kier molecular flexibility index (Phi) is 12.7. The van der Waals surface area contributed by atoms with Crippen LogP contribution in [0.4, 0.5) is 0 Å². The highest BCUT2D eigenvalue weighted by molar-refractivity contribution is 6.13. The number of para-hydroxylation sites is 8. The van der Waals surface area contributed by atoms with Crippen molar-refractivity contribution in [2.24, 2.45) is 5.92 Å². The van der Waals surface area contributed by atoms with Crippen molar-refractivity contribution in [1.82, 2.24) is 29.9 Å². The SMILES string of the molecule is CC1CC=CC2=C1c1c(-c3nc(-c4cccc5c4oc4ccccc45)nc(-c4cccc5c4oc4c(CC6(C)c7ccccc7-c7c(-c8nc(-c9cccc%10c9oc9ccccc9%10)nc(-c9cccc%10c9oc9ccccc9%10)n8)cccc76)cccc45)n3)cccc1C2(c1ccccc1)c1ccccc1. The fourth-order valence-electron chi connectivity index (χ4n) is 18.0. The summed E-state index contributed by atoms with van der Waals surface area (Å²) < 4.78 is 27.7. The normalized spacial score (nSPS) is 15.8. The minimum Gasteiger partial charge on any atom is -0.455 e. The summed E-state index contributed by atoms with van der Waals surface area (Å²) in [6.07, 6.45) is 6.23. The van der Waals surface area contributed by atoms with Crippen molar-refractivity contribution < 1.29 is 17.7 Å². The molecule has 3 aliphatic rings. The summed E-state index contributed by atoms with van der Waals surface area (Å²) >= 11 is 0. The zero-order chi connectivity index (χ0) is 69.2. The van der Waals surface area contributed by atoms with Crippen LogP contribution in [-0.4, -0.2) is 29.9 Å². The monoisotopic (exact) mass is 1350 g/mol. The molecule has 22 rings (SSSR count). The summed E-state index contributed by atoms with van der Waals surface area (Å²) in [4.78, 5) is 33.2. The van der Waals surface area contributed by atoms with E-state index in [-0.39, 0.29) is 5.92 Å². The molecule has 10 nitrogen and oxygen atoms in total. The van der Waals surface area contributed by atoms with Crippen molar-refractivity contribution in [3.8, 4) is 79.5 Å². The lowest BCUT2D eigenvalue weighted by Gasteiger charge is -2.35. The van der Waals surface area contributed by atoms with Crippen LogP contribution in [0.15, 0.2) is 321 Å². The molecule has 0 bridgehead atoms. The van der Waals surface area contributed by atoms with Gasteiger partial charge in [-0.05, 0) is 122 Å². The van der Waals surface area contributed by atoms with E-state index in [1.807, 2.05) is 60.7 Å². The first-order chi connectivity index (χ1) is 51.8. The van der Waals surface area contributed by atoms with Crippen molar-refractivity contribution in [3.63, 3.8) is 0 Å². The van der Waals surface area contributed by atoms with Crippen molar-refractivity contribution in [1.29, 1.82) is 0 Å². The Balaban J connectivity index is 0.716. The maximum Gasteiger partial charge on any atom is 0.167 e. The molecule has 0 amide bonds. The zero-order valence-corrected chi connectivity index (χ0v) is 57.1. The second-order valence-electron chi connectivity index (χ2n) is 28.4. The van der Waals surface area contributed by atoms with Gasteiger partial charge in [-0.15, -0.1) is 0 Å². The molecule has 2 unspecified atom stereocenters. The van der Waals surface area contributed by atoms with E-state index in [0.29, 0.717) is 63.7 Å². The summed E-state index contributed by atoms with van der Waals surface area (Å²) in [7, 11) is 0. The van der Waals surface area contributed by atoms with E-state index < -0.39 is 10.8 Å². The van der Waals surface area contributed by atoms with Gasteiger partial charge < -0.3 is 17.7 Å². The van der Waals surface area contributed by atoms with E-state index in [1.54, 1.807) is 0 Å². The number of rotatable bonds is 10. The second kappa shape index (κ2) is 22.5. The third kappa shape index (κ3) is 8.59. The Labute approximate surface area is 602 Å². The molecule has 0 spiro atoms. The molecule has 10 heteroatoms. The van der Waals surface area contributed by atoms with Crippen LogP contribution in [0.2, 0.25) is 0 Å². The minimum absolute atomic E-state index is 0.197. The quantitative estimate of drug-likeness (QED) is 0.130. The van der Waals surface area contributed by atoms with Crippen LogP contribution in [0.1, 0.15) is 59.2 Å². The molecule has 2 atom stereocenters. The summed E-state index contributed by atoms with van der Waals surface area (Å²) in [6, 6.07) is 100. The van der Waals surface area contributed by atoms with E-state index in [0.717, 1.165) is 133 Å². The molecule has 0 radical (unpaired) electrons. The van der Waals surface area contributed by atoms with Gasteiger partial charge in [0.1, 0.15) is 44.7 Å². The number of hydrogen-bond acceptors (Lipinski definition) is 10. The lowest BCUT2D eigenvalue weighted by Crippen LogP contribution is -2.29. The summed E-state index contributed by atoms with van der Waals surface area (Å²) in [5.74, 6) is 3.25. The molecule has 0 N–H and O–H groups in total. The van der Waals surface area contributed by atoms with Crippen molar-refractivity contribution in [2.45, 2.75) is 37.5 Å². The molecule has 13 aromatic carbocycles. The van der Waals surface area contributed by atoms with E-state index in [1.165, 1.54) is 33.4 Å². The predicted molar refractivity (Wildman–Crippen MR) is 420 cm³/mol. The maximum atomic E-state index is 7.51. The van der Waals surface area contributed by atoms with Gasteiger partial charge in [-0.1, -0.05) is 269 Å². The van der Waals surface area contributed by atoms with Crippen molar-refractivity contribution >= 4 is 93.3 Å². The van der Waals surface area contributed by atoms with Crippen LogP contribution in [-0.2, 0) is 17.3 Å². The van der Waals surface area contributed by atoms with Crippen LogP contribution in [0.5, 0.6) is 0 Å². The molecular formula is C95H60N6O4. The third-order valence-electron chi connectivity index (χ3n) is 22.6. The molecule has 6 heterocycles. The molecule has 6 aromatic heterocycles. The Morgan fingerprint density at radius 3 is 1.17 bits per heavy atom. The van der Waals surface area contributed by atoms with Crippen LogP contribution in [0.25, 0.3) is 173 Å². The number of fused-ring (bicyclic) bond motifs is 17. The highest BCUT2D eigenvalue weighted by Crippen LogP contribution is 2.61. The van der Waals surface area contributed by atoms with Gasteiger partial charge in [0.15, 0.2) is 34.9 Å². The van der Waals surface area contributed by atoms with E-state index in [4.69, 9.17) is 47.6 Å². The summed E-state index contributed by atoms with van der Waals surface area (Å²) in [6.45, 7) is 4.73. The van der Waals surface area contributed by atoms with Crippen LogP contribution in [0.3, 0.4) is 0 Å². The Hall–Kier alpha value is -13.4. The van der Waals surface area contributed by atoms with Gasteiger partial charge in [-0.25, -0.2) is 29.9 Å². The van der Waals surface area contributed by atoms with Crippen molar-refractivity contribution in [3.05, 3.63) is 342 Å². The highest BCUT2D eigenvalue weighted by atomic mass is 16.3. The fourth-order valence-corrected chi connectivity index (χ4v) is 18.0. The molecule has 0 saturated carbocycles. The molecule has 0 saturated heterocycles. The third-order valence-corrected chi connectivity index (χ3v) is 22.6. The molecule has 3 aliphatic carbocycles. The molecule has 494 valence electrons. The predicted octanol–water partition coefficient (Wildman–Crippen LogP) is 23.9. The van der Waals surface area contributed by atoms with Crippen LogP contribution >= 0.6 is 0 Å². The van der Waals surface area contributed by atoms with Crippen molar-refractivity contribution in [2.75, 3.05) is 0 Å². The van der Waals surface area contributed by atoms with Gasteiger partial charge >= 0.3 is 0 Å². The smallest absolute Gasteiger partial charge is 0.167 e. The number of aromatic nitrogens is 6. The number of hydrogen-bond donors (Lipinski definition) is 0. The first-order valence-electron chi connectivity index (χ1n) is 35.9. The second-order valence-corrected chi connectivity index (χ2v) is 28.4. The van der Waals surface area contributed by atoms with Crippen LogP contribution < -0.4 is 0 Å². The summed E-state index contributed by atoms with van der Waals surface area (Å²) in [5.41, 5.74) is 22.6. The van der Waals surface area contributed by atoms with Gasteiger partial charge in [0.2, 0.25) is 0 Å². The average molecular weight is 1350 g/mol. The molecule has 0 fully saturated rings. The molecule has 105 heavy (non-hydrogen) atoms. The van der Waals surface area contributed by atoms with Gasteiger partial charge in [-0.2, -0.15) is 0 Å². The zero-order valence-electron chi connectivity index (χ0n) is 57.1. The average Bonchev–Trinajstić information content (AvgIpc) is 1.53. The molecule has 0 aliphatic heterocycles.